The van der Waals surface area contributed by atoms with E-state index in [0.29, 0.717) is 22.3 Å². The third-order valence-electron chi connectivity index (χ3n) is 5.09. The molecule has 0 unspecified atom stereocenters. The monoisotopic (exact) mass is 378 g/mol. The zero-order valence-electron chi connectivity index (χ0n) is 15.9. The maximum atomic E-state index is 12.3. The Labute approximate surface area is 171 Å². The van der Waals surface area contributed by atoms with Crippen molar-refractivity contribution in [2.24, 2.45) is 0 Å². The van der Waals surface area contributed by atoms with Crippen LogP contribution in [0.5, 0.6) is 0 Å². The molecule has 0 bridgehead atoms. The lowest BCUT2D eigenvalue weighted by atomic mass is 9.76. The summed E-state index contributed by atoms with van der Waals surface area (Å²) in [6.45, 7) is 0. The van der Waals surface area contributed by atoms with Crippen LogP contribution in [0.2, 0.25) is 0 Å². The van der Waals surface area contributed by atoms with E-state index < -0.39 is 5.60 Å². The Morgan fingerprint density at radius 3 is 1.24 bits per heavy atom. The molecule has 0 amide bonds. The van der Waals surface area contributed by atoms with E-state index in [1.165, 1.54) is 0 Å². The molecule has 2 N–H and O–H groups in total. The van der Waals surface area contributed by atoms with Gasteiger partial charge in [0.2, 0.25) is 0 Å². The zero-order valence-corrected chi connectivity index (χ0v) is 15.9. The zero-order chi connectivity index (χ0) is 20.1. The Hall–Kier alpha value is -3.62. The van der Waals surface area contributed by atoms with Gasteiger partial charge < -0.3 is 10.2 Å². The highest BCUT2D eigenvalue weighted by molar-refractivity contribution is 5.93. The highest BCUT2D eigenvalue weighted by atomic mass is 16.3. The van der Waals surface area contributed by atoms with Gasteiger partial charge in [-0.2, -0.15) is 0 Å². The van der Waals surface area contributed by atoms with Crippen molar-refractivity contribution in [3.63, 3.8) is 0 Å². The van der Waals surface area contributed by atoms with Gasteiger partial charge in [0, 0.05) is 11.1 Å². The Balaban J connectivity index is 2.08. The van der Waals surface area contributed by atoms with E-state index in [-0.39, 0.29) is 5.76 Å². The van der Waals surface area contributed by atoms with E-state index in [1.54, 1.807) is 0 Å². The molecule has 0 heterocycles. The summed E-state index contributed by atoms with van der Waals surface area (Å²) in [5.74, 6) is 0.0482. The van der Waals surface area contributed by atoms with Crippen molar-refractivity contribution >= 4 is 11.3 Å². The quantitative estimate of drug-likeness (QED) is 0.328. The minimum Gasteiger partial charge on any atom is -0.507 e. The van der Waals surface area contributed by atoms with Crippen LogP contribution in [0.3, 0.4) is 0 Å². The molecular formula is C27H22O2. The summed E-state index contributed by atoms with van der Waals surface area (Å²) in [5.41, 5.74) is 1.69. The smallest absolute Gasteiger partial charge is 0.144 e. The van der Waals surface area contributed by atoms with Crippen molar-refractivity contribution in [2.75, 3.05) is 0 Å². The summed E-state index contributed by atoms with van der Waals surface area (Å²) in [4.78, 5) is 0. The number of aliphatic hydroxyl groups excluding tert-OH is 1. The second-order valence-electron chi connectivity index (χ2n) is 6.90. The van der Waals surface area contributed by atoms with Gasteiger partial charge in [-0.25, -0.2) is 0 Å². The first-order chi connectivity index (χ1) is 14.2. The molecule has 4 aromatic carbocycles. The topological polar surface area (TPSA) is 40.5 Å². The summed E-state index contributed by atoms with van der Waals surface area (Å²) >= 11 is 0. The number of benzene rings is 4. The Morgan fingerprint density at radius 2 is 0.828 bits per heavy atom. The molecule has 0 atom stereocenters. The van der Waals surface area contributed by atoms with Crippen molar-refractivity contribution in [2.45, 2.75) is 5.60 Å². The highest BCUT2D eigenvalue weighted by Crippen LogP contribution is 2.45. The number of hydrogen-bond acceptors (Lipinski definition) is 2. The van der Waals surface area contributed by atoms with E-state index in [2.05, 4.69) is 0 Å². The molecule has 0 fully saturated rings. The van der Waals surface area contributed by atoms with Gasteiger partial charge in [0.25, 0.3) is 0 Å². The van der Waals surface area contributed by atoms with E-state index in [1.807, 2.05) is 121 Å². The molecule has 0 radical (unpaired) electrons. The van der Waals surface area contributed by atoms with Crippen molar-refractivity contribution in [1.29, 1.82) is 0 Å². The fourth-order valence-electron chi connectivity index (χ4n) is 3.68. The SMILES string of the molecule is OC(=C(c1ccccc1)C(O)(c1ccccc1)c1ccccc1)c1ccccc1. The highest BCUT2D eigenvalue weighted by Gasteiger charge is 2.39. The lowest BCUT2D eigenvalue weighted by molar-refractivity contribution is 0.144. The Kier molecular flexibility index (Phi) is 5.28. The van der Waals surface area contributed by atoms with Gasteiger partial charge in [-0.05, 0) is 16.7 Å². The molecule has 0 aromatic heterocycles. The maximum Gasteiger partial charge on any atom is 0.144 e. The summed E-state index contributed by atoms with van der Waals surface area (Å²) in [6, 6.07) is 37.8. The lowest BCUT2D eigenvalue weighted by Crippen LogP contribution is -2.30. The van der Waals surface area contributed by atoms with Crippen LogP contribution in [-0.4, -0.2) is 10.2 Å². The van der Waals surface area contributed by atoms with Gasteiger partial charge in [-0.15, -0.1) is 0 Å². The number of hydrogen-bond donors (Lipinski definition) is 2. The summed E-state index contributed by atoms with van der Waals surface area (Å²) < 4.78 is 0. The Bertz CT molecular complexity index is 1050. The predicted octanol–water partition coefficient (Wildman–Crippen LogP) is 6.05. The molecule has 0 aliphatic rings. The predicted molar refractivity (Wildman–Crippen MR) is 118 cm³/mol. The van der Waals surface area contributed by atoms with Crippen LogP contribution in [-0.2, 0) is 5.60 Å². The first-order valence-corrected chi connectivity index (χ1v) is 9.59. The Morgan fingerprint density at radius 1 is 0.483 bits per heavy atom. The van der Waals surface area contributed by atoms with E-state index in [0.717, 1.165) is 5.56 Å². The van der Waals surface area contributed by atoms with Crippen molar-refractivity contribution in [3.05, 3.63) is 144 Å². The van der Waals surface area contributed by atoms with Crippen LogP contribution >= 0.6 is 0 Å². The molecule has 2 heteroatoms. The molecule has 4 rings (SSSR count). The molecule has 0 aliphatic heterocycles. The van der Waals surface area contributed by atoms with E-state index in [4.69, 9.17) is 0 Å². The molecule has 0 spiro atoms. The van der Waals surface area contributed by atoms with Crippen LogP contribution in [0.15, 0.2) is 121 Å². The fraction of sp³-hybridized carbons (Fsp3) is 0.0370. The third-order valence-corrected chi connectivity index (χ3v) is 5.09. The van der Waals surface area contributed by atoms with Crippen LogP contribution in [0.25, 0.3) is 11.3 Å². The van der Waals surface area contributed by atoms with Gasteiger partial charge in [-0.1, -0.05) is 121 Å². The van der Waals surface area contributed by atoms with Crippen molar-refractivity contribution < 1.29 is 10.2 Å². The number of rotatable bonds is 5. The van der Waals surface area contributed by atoms with Gasteiger partial charge in [0.1, 0.15) is 11.4 Å². The normalized spacial score (nSPS) is 12.3. The minimum atomic E-state index is -1.54. The summed E-state index contributed by atoms with van der Waals surface area (Å²) in [7, 11) is 0. The van der Waals surface area contributed by atoms with Gasteiger partial charge in [0.05, 0.1) is 0 Å². The molecule has 4 aromatic rings. The average molecular weight is 378 g/mol. The lowest BCUT2D eigenvalue weighted by Gasteiger charge is -2.33. The third kappa shape index (κ3) is 3.58. The van der Waals surface area contributed by atoms with Gasteiger partial charge >= 0.3 is 0 Å². The fourth-order valence-corrected chi connectivity index (χ4v) is 3.68. The largest absolute Gasteiger partial charge is 0.507 e. The van der Waals surface area contributed by atoms with Gasteiger partial charge in [0.15, 0.2) is 0 Å². The minimum absolute atomic E-state index is 0.0482. The van der Waals surface area contributed by atoms with Crippen LogP contribution < -0.4 is 0 Å². The second kappa shape index (κ2) is 8.17. The molecule has 142 valence electrons. The van der Waals surface area contributed by atoms with Crippen LogP contribution in [0, 0.1) is 0 Å². The first-order valence-electron chi connectivity index (χ1n) is 9.59. The standard InChI is InChI=1S/C27H22O2/c28-26(22-15-7-2-8-16-22)25(21-13-5-1-6-14-21)27(29,23-17-9-3-10-18-23)24-19-11-4-12-20-24/h1-20,28-29H. The van der Waals surface area contributed by atoms with Crippen molar-refractivity contribution in [1.82, 2.24) is 0 Å². The molecular weight excluding hydrogens is 356 g/mol. The summed E-state index contributed by atoms with van der Waals surface area (Å²) in [5, 5.41) is 23.7. The summed E-state index contributed by atoms with van der Waals surface area (Å²) in [6.07, 6.45) is 0. The molecule has 0 saturated heterocycles. The van der Waals surface area contributed by atoms with Crippen LogP contribution in [0.1, 0.15) is 22.3 Å². The van der Waals surface area contributed by atoms with E-state index in [9.17, 15) is 10.2 Å². The average Bonchev–Trinajstić information content (AvgIpc) is 2.81. The first kappa shape index (κ1) is 18.7. The second-order valence-corrected chi connectivity index (χ2v) is 6.90. The van der Waals surface area contributed by atoms with Crippen molar-refractivity contribution in [3.8, 4) is 0 Å². The van der Waals surface area contributed by atoms with E-state index >= 15 is 0 Å². The molecule has 2 nitrogen and oxygen atoms in total. The molecule has 0 aliphatic carbocycles. The molecule has 29 heavy (non-hydrogen) atoms. The maximum absolute atomic E-state index is 12.3. The molecule has 0 saturated carbocycles. The van der Waals surface area contributed by atoms with Gasteiger partial charge in [-0.3, -0.25) is 0 Å². The number of aliphatic hydroxyl groups is 2. The van der Waals surface area contributed by atoms with Crippen LogP contribution in [0.4, 0.5) is 0 Å².